The summed E-state index contributed by atoms with van der Waals surface area (Å²) in [5.74, 6) is 0. The van der Waals surface area contributed by atoms with Gasteiger partial charge in [-0.1, -0.05) is 0 Å². The van der Waals surface area contributed by atoms with Crippen LogP contribution in [0.4, 0.5) is 0 Å². The van der Waals surface area contributed by atoms with Crippen LogP contribution in [-0.2, 0) is 4.74 Å². The van der Waals surface area contributed by atoms with Gasteiger partial charge in [-0.2, -0.15) is 0 Å². The number of hydrogen-bond donors (Lipinski definition) is 1. The van der Waals surface area contributed by atoms with E-state index in [1.807, 2.05) is 0 Å². The third kappa shape index (κ3) is 2.30. The van der Waals surface area contributed by atoms with Gasteiger partial charge < -0.3 is 14.3 Å². The standard InChI is InChI=1S/C6H14NO2/c1-7(2,3)4-5-6(8)9-5/h5-6,8H,4H2,1-3H3/q+1. The first-order valence-electron chi connectivity index (χ1n) is 3.13. The molecule has 1 N–H and O–H groups in total. The molecule has 1 aliphatic rings. The van der Waals surface area contributed by atoms with Crippen molar-refractivity contribution in [3.63, 3.8) is 0 Å². The monoisotopic (exact) mass is 132 g/mol. The Morgan fingerprint density at radius 2 is 1.89 bits per heavy atom. The Kier molecular flexibility index (Phi) is 1.50. The Labute approximate surface area is 55.4 Å². The molecule has 0 spiro atoms. The Bertz CT molecular complexity index is 108. The zero-order valence-electron chi connectivity index (χ0n) is 6.16. The van der Waals surface area contributed by atoms with E-state index in [4.69, 9.17) is 9.84 Å². The minimum Gasteiger partial charge on any atom is -0.366 e. The lowest BCUT2D eigenvalue weighted by Crippen LogP contribution is -2.38. The molecule has 0 radical (unpaired) electrons. The molecule has 1 fully saturated rings. The molecule has 0 aromatic heterocycles. The number of likely N-dealkylation sites (N-methyl/N-ethyl adjacent to an activating group) is 1. The van der Waals surface area contributed by atoms with E-state index in [0.717, 1.165) is 11.0 Å². The molecule has 1 aliphatic heterocycles. The van der Waals surface area contributed by atoms with Gasteiger partial charge in [-0.3, -0.25) is 0 Å². The number of hydrogen-bond acceptors (Lipinski definition) is 2. The molecule has 0 amide bonds. The second-order valence-corrected chi connectivity index (χ2v) is 3.54. The van der Waals surface area contributed by atoms with Crippen LogP contribution in [0.25, 0.3) is 0 Å². The molecule has 2 atom stereocenters. The minimum absolute atomic E-state index is 0.0880. The molecule has 3 heteroatoms. The molecule has 1 rings (SSSR count). The molecule has 2 unspecified atom stereocenters. The van der Waals surface area contributed by atoms with E-state index in [9.17, 15) is 0 Å². The van der Waals surface area contributed by atoms with Crippen molar-refractivity contribution in [3.05, 3.63) is 0 Å². The van der Waals surface area contributed by atoms with Crippen molar-refractivity contribution in [3.8, 4) is 0 Å². The smallest absolute Gasteiger partial charge is 0.187 e. The lowest BCUT2D eigenvalue weighted by atomic mass is 10.4. The van der Waals surface area contributed by atoms with Crippen molar-refractivity contribution in [1.29, 1.82) is 0 Å². The molecule has 1 heterocycles. The average molecular weight is 132 g/mol. The highest BCUT2D eigenvalue weighted by molar-refractivity contribution is 4.73. The summed E-state index contributed by atoms with van der Waals surface area (Å²) in [6.07, 6.45) is -0.396. The number of rotatable bonds is 2. The number of nitrogens with zero attached hydrogens (tertiary/aromatic N) is 1. The van der Waals surface area contributed by atoms with Gasteiger partial charge in [0.2, 0.25) is 0 Å². The second-order valence-electron chi connectivity index (χ2n) is 3.54. The number of quaternary nitrogens is 1. The highest BCUT2D eigenvalue weighted by atomic mass is 16.7. The molecule has 0 bridgehead atoms. The van der Waals surface area contributed by atoms with E-state index >= 15 is 0 Å². The maximum absolute atomic E-state index is 8.76. The van der Waals surface area contributed by atoms with Gasteiger partial charge in [-0.25, -0.2) is 0 Å². The third-order valence-corrected chi connectivity index (χ3v) is 1.28. The van der Waals surface area contributed by atoms with Gasteiger partial charge in [0.05, 0.1) is 21.1 Å². The van der Waals surface area contributed by atoms with Crippen LogP contribution < -0.4 is 0 Å². The highest BCUT2D eigenvalue weighted by Crippen LogP contribution is 2.20. The molecular weight excluding hydrogens is 118 g/mol. The zero-order chi connectivity index (χ0) is 7.07. The summed E-state index contributed by atoms with van der Waals surface area (Å²) in [4.78, 5) is 0. The summed E-state index contributed by atoms with van der Waals surface area (Å²) in [5, 5.41) is 8.76. The Balaban J connectivity index is 2.19. The van der Waals surface area contributed by atoms with E-state index in [2.05, 4.69) is 21.1 Å². The van der Waals surface area contributed by atoms with E-state index in [0.29, 0.717) is 0 Å². The fourth-order valence-electron chi connectivity index (χ4n) is 0.807. The first-order chi connectivity index (χ1) is 3.99. The predicted molar refractivity (Wildman–Crippen MR) is 33.8 cm³/mol. The Hall–Kier alpha value is -0.120. The van der Waals surface area contributed by atoms with Gasteiger partial charge >= 0.3 is 0 Å². The van der Waals surface area contributed by atoms with Crippen LogP contribution in [0, 0.1) is 0 Å². The van der Waals surface area contributed by atoms with Crippen LogP contribution in [0.1, 0.15) is 0 Å². The van der Waals surface area contributed by atoms with E-state index in [1.165, 1.54) is 0 Å². The fourth-order valence-corrected chi connectivity index (χ4v) is 0.807. The number of aliphatic hydroxyl groups excluding tert-OH is 1. The molecule has 0 aliphatic carbocycles. The first kappa shape index (κ1) is 6.99. The predicted octanol–water partition coefficient (Wildman–Crippen LogP) is -0.590. The summed E-state index contributed by atoms with van der Waals surface area (Å²) >= 11 is 0. The lowest BCUT2D eigenvalue weighted by molar-refractivity contribution is -0.871. The number of ether oxygens (including phenoxy) is 1. The van der Waals surface area contributed by atoms with Crippen molar-refractivity contribution in [2.24, 2.45) is 0 Å². The quantitative estimate of drug-likeness (QED) is 0.402. The van der Waals surface area contributed by atoms with Crippen LogP contribution in [0.3, 0.4) is 0 Å². The molecule has 0 aromatic rings. The van der Waals surface area contributed by atoms with E-state index < -0.39 is 6.29 Å². The van der Waals surface area contributed by atoms with Crippen LogP contribution in [0.2, 0.25) is 0 Å². The zero-order valence-corrected chi connectivity index (χ0v) is 6.16. The maximum atomic E-state index is 8.76. The van der Waals surface area contributed by atoms with Crippen LogP contribution in [0.5, 0.6) is 0 Å². The minimum atomic E-state index is -0.484. The van der Waals surface area contributed by atoms with Crippen LogP contribution in [-0.4, -0.2) is 49.7 Å². The van der Waals surface area contributed by atoms with Crippen molar-refractivity contribution in [2.75, 3.05) is 27.7 Å². The molecule has 0 saturated carbocycles. The average Bonchev–Trinajstić information content (AvgIpc) is 2.13. The van der Waals surface area contributed by atoms with Gasteiger partial charge in [0.1, 0.15) is 6.54 Å². The van der Waals surface area contributed by atoms with Gasteiger partial charge in [-0.15, -0.1) is 0 Å². The summed E-state index contributed by atoms with van der Waals surface area (Å²) in [6, 6.07) is 0. The number of aliphatic hydroxyl groups is 1. The Morgan fingerprint density at radius 1 is 1.44 bits per heavy atom. The summed E-state index contributed by atoms with van der Waals surface area (Å²) in [7, 11) is 6.23. The maximum Gasteiger partial charge on any atom is 0.187 e. The lowest BCUT2D eigenvalue weighted by Gasteiger charge is -2.22. The third-order valence-electron chi connectivity index (χ3n) is 1.28. The fraction of sp³-hybridized carbons (Fsp3) is 1.00. The highest BCUT2D eigenvalue weighted by Gasteiger charge is 2.41. The van der Waals surface area contributed by atoms with Crippen molar-refractivity contribution < 1.29 is 14.3 Å². The summed E-state index contributed by atoms with van der Waals surface area (Å²) < 4.78 is 5.68. The molecule has 9 heavy (non-hydrogen) atoms. The first-order valence-corrected chi connectivity index (χ1v) is 3.13. The Morgan fingerprint density at radius 3 is 2.00 bits per heavy atom. The second kappa shape index (κ2) is 1.94. The SMILES string of the molecule is C[N+](C)(C)CC1OC1O. The van der Waals surface area contributed by atoms with Crippen LogP contribution in [0.15, 0.2) is 0 Å². The van der Waals surface area contributed by atoms with Crippen molar-refractivity contribution >= 4 is 0 Å². The molecule has 0 aromatic carbocycles. The molecule has 54 valence electrons. The van der Waals surface area contributed by atoms with Crippen LogP contribution >= 0.6 is 0 Å². The summed E-state index contributed by atoms with van der Waals surface area (Å²) in [5.41, 5.74) is 0. The van der Waals surface area contributed by atoms with Gasteiger partial charge in [0, 0.05) is 0 Å². The van der Waals surface area contributed by atoms with Crippen molar-refractivity contribution in [1.82, 2.24) is 0 Å². The summed E-state index contributed by atoms with van der Waals surface area (Å²) in [6.45, 7) is 0.890. The molecule has 3 nitrogen and oxygen atoms in total. The normalized spacial score (nSPS) is 34.7. The number of epoxide rings is 1. The van der Waals surface area contributed by atoms with E-state index in [-0.39, 0.29) is 6.10 Å². The largest absolute Gasteiger partial charge is 0.366 e. The topological polar surface area (TPSA) is 32.8 Å². The van der Waals surface area contributed by atoms with Gasteiger partial charge in [0.25, 0.3) is 0 Å². The van der Waals surface area contributed by atoms with Gasteiger partial charge in [-0.05, 0) is 0 Å². The molecular formula is C6H14NO2+. The van der Waals surface area contributed by atoms with E-state index in [1.54, 1.807) is 0 Å². The van der Waals surface area contributed by atoms with Crippen molar-refractivity contribution in [2.45, 2.75) is 12.4 Å². The molecule has 1 saturated heterocycles. The van der Waals surface area contributed by atoms with Gasteiger partial charge in [0.15, 0.2) is 12.4 Å².